The Morgan fingerprint density at radius 1 is 1.40 bits per heavy atom. The average Bonchev–Trinajstić information content (AvgIpc) is 2.76. The Labute approximate surface area is 121 Å². The topological polar surface area (TPSA) is 44.7 Å². The first-order chi connectivity index (χ1) is 9.70. The number of aliphatic hydroxyl groups is 1. The Bertz CT molecular complexity index is 403. The fourth-order valence-electron chi connectivity index (χ4n) is 2.82. The van der Waals surface area contributed by atoms with Gasteiger partial charge in [-0.15, -0.1) is 0 Å². The third kappa shape index (κ3) is 4.20. The van der Waals surface area contributed by atoms with Gasteiger partial charge in [-0.25, -0.2) is 0 Å². The van der Waals surface area contributed by atoms with E-state index in [1.807, 2.05) is 24.3 Å². The monoisotopic (exact) mass is 278 g/mol. The number of nitrogens with zero attached hydrogens (tertiary/aromatic N) is 1. The Hall–Kier alpha value is -1.10. The van der Waals surface area contributed by atoms with E-state index in [4.69, 9.17) is 4.74 Å². The Morgan fingerprint density at radius 3 is 3.05 bits per heavy atom. The highest BCUT2D eigenvalue weighted by Crippen LogP contribution is 2.21. The standard InChI is InChI=1S/C16H26N2O2/c1-18(14-6-4-9-17-10-8-14)12-16(19)13-5-3-7-15(11-13)20-2/h3,5,7,11,14,16-17,19H,4,6,8-10,12H2,1-2H3. The summed E-state index contributed by atoms with van der Waals surface area (Å²) in [6, 6.07) is 8.25. The van der Waals surface area contributed by atoms with E-state index in [0.717, 1.165) is 30.8 Å². The van der Waals surface area contributed by atoms with Crippen LogP contribution in [0.4, 0.5) is 0 Å². The van der Waals surface area contributed by atoms with Crippen LogP contribution in [0.3, 0.4) is 0 Å². The van der Waals surface area contributed by atoms with Gasteiger partial charge in [0.25, 0.3) is 0 Å². The third-order valence-corrected chi connectivity index (χ3v) is 4.11. The van der Waals surface area contributed by atoms with E-state index in [-0.39, 0.29) is 0 Å². The summed E-state index contributed by atoms with van der Waals surface area (Å²) in [5, 5.41) is 13.8. The first-order valence-electron chi connectivity index (χ1n) is 7.43. The van der Waals surface area contributed by atoms with Gasteiger partial charge in [-0.2, -0.15) is 0 Å². The molecule has 2 unspecified atom stereocenters. The van der Waals surface area contributed by atoms with Gasteiger partial charge in [0.1, 0.15) is 5.75 Å². The lowest BCUT2D eigenvalue weighted by molar-refractivity contribution is 0.0998. The lowest BCUT2D eigenvalue weighted by atomic mass is 10.0. The van der Waals surface area contributed by atoms with Crippen LogP contribution in [0.15, 0.2) is 24.3 Å². The van der Waals surface area contributed by atoms with E-state index in [2.05, 4.69) is 17.3 Å². The summed E-state index contributed by atoms with van der Waals surface area (Å²) in [5.41, 5.74) is 0.919. The largest absolute Gasteiger partial charge is 0.497 e. The fourth-order valence-corrected chi connectivity index (χ4v) is 2.82. The van der Waals surface area contributed by atoms with E-state index >= 15 is 0 Å². The normalized spacial score (nSPS) is 21.5. The molecule has 1 fully saturated rings. The molecule has 0 aliphatic carbocycles. The molecule has 2 atom stereocenters. The predicted octanol–water partition coefficient (Wildman–Crippen LogP) is 1.80. The minimum absolute atomic E-state index is 0.466. The summed E-state index contributed by atoms with van der Waals surface area (Å²) in [6.45, 7) is 2.85. The van der Waals surface area contributed by atoms with Gasteiger partial charge in [-0.3, -0.25) is 0 Å². The van der Waals surface area contributed by atoms with Gasteiger partial charge in [0.05, 0.1) is 13.2 Å². The van der Waals surface area contributed by atoms with E-state index in [0.29, 0.717) is 12.6 Å². The maximum absolute atomic E-state index is 10.4. The van der Waals surface area contributed by atoms with E-state index in [1.54, 1.807) is 7.11 Å². The molecule has 112 valence electrons. The van der Waals surface area contributed by atoms with Gasteiger partial charge in [-0.05, 0) is 57.1 Å². The molecule has 4 heteroatoms. The second-order valence-corrected chi connectivity index (χ2v) is 5.57. The molecule has 0 saturated carbocycles. The molecule has 1 heterocycles. The first kappa shape index (κ1) is 15.3. The quantitative estimate of drug-likeness (QED) is 0.862. The minimum atomic E-state index is -0.466. The number of benzene rings is 1. The molecule has 4 nitrogen and oxygen atoms in total. The van der Waals surface area contributed by atoms with Crippen LogP contribution in [-0.2, 0) is 0 Å². The molecule has 1 aromatic rings. The van der Waals surface area contributed by atoms with Crippen LogP contribution >= 0.6 is 0 Å². The zero-order chi connectivity index (χ0) is 14.4. The molecule has 0 radical (unpaired) electrons. The Morgan fingerprint density at radius 2 is 2.25 bits per heavy atom. The molecule has 2 N–H and O–H groups in total. The van der Waals surface area contributed by atoms with Crippen molar-refractivity contribution in [3.8, 4) is 5.75 Å². The SMILES string of the molecule is COc1cccc(C(O)CN(C)C2CCCNCC2)c1. The maximum Gasteiger partial charge on any atom is 0.119 e. The van der Waals surface area contributed by atoms with Gasteiger partial charge in [0.15, 0.2) is 0 Å². The highest BCUT2D eigenvalue weighted by atomic mass is 16.5. The summed E-state index contributed by atoms with van der Waals surface area (Å²) in [4.78, 5) is 2.29. The second kappa shape index (κ2) is 7.62. The number of hydrogen-bond donors (Lipinski definition) is 2. The van der Waals surface area contributed by atoms with Crippen molar-refractivity contribution in [2.75, 3.05) is 33.8 Å². The maximum atomic E-state index is 10.4. The van der Waals surface area contributed by atoms with E-state index in [9.17, 15) is 5.11 Å². The molecule has 1 aliphatic heterocycles. The number of likely N-dealkylation sites (N-methyl/N-ethyl adjacent to an activating group) is 1. The molecule has 1 saturated heterocycles. The Kier molecular flexibility index (Phi) is 5.83. The molecule has 0 amide bonds. The van der Waals surface area contributed by atoms with Crippen molar-refractivity contribution in [3.05, 3.63) is 29.8 Å². The zero-order valence-corrected chi connectivity index (χ0v) is 12.5. The number of rotatable bonds is 5. The van der Waals surface area contributed by atoms with Crippen molar-refractivity contribution in [3.63, 3.8) is 0 Å². The van der Waals surface area contributed by atoms with Crippen molar-refractivity contribution in [1.82, 2.24) is 10.2 Å². The molecule has 20 heavy (non-hydrogen) atoms. The van der Waals surface area contributed by atoms with E-state index in [1.165, 1.54) is 12.8 Å². The summed E-state index contributed by atoms with van der Waals surface area (Å²) in [7, 11) is 3.76. The summed E-state index contributed by atoms with van der Waals surface area (Å²) in [6.07, 6.45) is 3.10. The second-order valence-electron chi connectivity index (χ2n) is 5.57. The van der Waals surface area contributed by atoms with Crippen molar-refractivity contribution >= 4 is 0 Å². The number of hydrogen-bond acceptors (Lipinski definition) is 4. The summed E-state index contributed by atoms with van der Waals surface area (Å²) >= 11 is 0. The highest BCUT2D eigenvalue weighted by molar-refractivity contribution is 5.29. The van der Waals surface area contributed by atoms with Gasteiger partial charge < -0.3 is 20.1 Å². The van der Waals surface area contributed by atoms with Gasteiger partial charge in [0.2, 0.25) is 0 Å². The molecule has 1 aromatic carbocycles. The first-order valence-corrected chi connectivity index (χ1v) is 7.43. The summed E-state index contributed by atoms with van der Waals surface area (Å²) in [5.74, 6) is 0.794. The molecule has 1 aliphatic rings. The Balaban J connectivity index is 1.93. The zero-order valence-electron chi connectivity index (χ0n) is 12.5. The smallest absolute Gasteiger partial charge is 0.119 e. The van der Waals surface area contributed by atoms with Crippen molar-refractivity contribution in [1.29, 1.82) is 0 Å². The average molecular weight is 278 g/mol. The number of nitrogens with one attached hydrogen (secondary N) is 1. The number of aliphatic hydroxyl groups excluding tert-OH is 1. The fraction of sp³-hybridized carbons (Fsp3) is 0.625. The van der Waals surface area contributed by atoms with Crippen LogP contribution in [0.2, 0.25) is 0 Å². The molecular formula is C16H26N2O2. The van der Waals surface area contributed by atoms with E-state index < -0.39 is 6.10 Å². The van der Waals surface area contributed by atoms with Crippen LogP contribution in [0, 0.1) is 0 Å². The third-order valence-electron chi connectivity index (χ3n) is 4.11. The van der Waals surface area contributed by atoms with Crippen LogP contribution in [-0.4, -0.2) is 49.8 Å². The highest BCUT2D eigenvalue weighted by Gasteiger charge is 2.19. The molecule has 0 aromatic heterocycles. The molecule has 2 rings (SSSR count). The molecular weight excluding hydrogens is 252 g/mol. The van der Waals surface area contributed by atoms with Crippen molar-refractivity contribution < 1.29 is 9.84 Å². The molecule has 0 spiro atoms. The van der Waals surface area contributed by atoms with Gasteiger partial charge >= 0.3 is 0 Å². The van der Waals surface area contributed by atoms with Gasteiger partial charge in [0, 0.05) is 12.6 Å². The molecule has 0 bridgehead atoms. The van der Waals surface area contributed by atoms with Gasteiger partial charge in [-0.1, -0.05) is 12.1 Å². The van der Waals surface area contributed by atoms with Crippen LogP contribution in [0.25, 0.3) is 0 Å². The van der Waals surface area contributed by atoms with Crippen molar-refractivity contribution in [2.45, 2.75) is 31.4 Å². The lowest BCUT2D eigenvalue weighted by Gasteiger charge is -2.29. The van der Waals surface area contributed by atoms with Crippen LogP contribution < -0.4 is 10.1 Å². The lowest BCUT2D eigenvalue weighted by Crippen LogP contribution is -2.35. The van der Waals surface area contributed by atoms with Crippen molar-refractivity contribution in [2.24, 2.45) is 0 Å². The predicted molar refractivity (Wildman–Crippen MR) is 81.1 cm³/mol. The minimum Gasteiger partial charge on any atom is -0.497 e. The summed E-state index contributed by atoms with van der Waals surface area (Å²) < 4.78 is 5.21. The number of ether oxygens (including phenoxy) is 1. The van der Waals surface area contributed by atoms with Crippen LogP contribution in [0.5, 0.6) is 5.75 Å². The number of methoxy groups -OCH3 is 1. The van der Waals surface area contributed by atoms with Crippen LogP contribution in [0.1, 0.15) is 30.9 Å².